The Balaban J connectivity index is 2.65. The number of hydrogen-bond donors (Lipinski definition) is 1. The number of benzene rings is 1. The lowest BCUT2D eigenvalue weighted by Crippen LogP contribution is -2.24. The summed E-state index contributed by atoms with van der Waals surface area (Å²) < 4.78 is 1.13. The molecule has 1 aromatic carbocycles. The molecule has 1 aromatic heterocycles. The first kappa shape index (κ1) is 19.0. The van der Waals surface area contributed by atoms with Crippen molar-refractivity contribution in [3.63, 3.8) is 0 Å². The highest BCUT2D eigenvalue weighted by Gasteiger charge is 2.19. The van der Waals surface area contributed by atoms with E-state index >= 15 is 0 Å². The molecule has 25 heavy (non-hydrogen) atoms. The van der Waals surface area contributed by atoms with Crippen molar-refractivity contribution in [3.8, 4) is 11.9 Å². The molecule has 0 fully saturated rings. The maximum absolute atomic E-state index is 12.7. The van der Waals surface area contributed by atoms with Gasteiger partial charge in [0.1, 0.15) is 17.3 Å². The molecule has 0 unspecified atom stereocenters. The van der Waals surface area contributed by atoms with Crippen LogP contribution in [0.15, 0.2) is 33.2 Å². The number of nitrogens with zero attached hydrogens (tertiary/aromatic N) is 4. The van der Waals surface area contributed by atoms with Crippen molar-refractivity contribution in [3.05, 3.63) is 49.7 Å². The molecule has 1 N–H and O–H groups in total. The van der Waals surface area contributed by atoms with Crippen LogP contribution in [0.2, 0.25) is 10.0 Å². The summed E-state index contributed by atoms with van der Waals surface area (Å²) in [6.07, 6.45) is 0. The van der Waals surface area contributed by atoms with Gasteiger partial charge >= 0.3 is 0 Å². The van der Waals surface area contributed by atoms with Gasteiger partial charge in [-0.25, -0.2) is 0 Å². The lowest BCUT2D eigenvalue weighted by atomic mass is 10.1. The normalized spacial score (nSPS) is 11.2. The van der Waals surface area contributed by atoms with E-state index in [1.165, 1.54) is 13.0 Å². The summed E-state index contributed by atoms with van der Waals surface area (Å²) >= 11 is 11.9. The van der Waals surface area contributed by atoms with Crippen molar-refractivity contribution in [2.45, 2.75) is 27.3 Å². The summed E-state index contributed by atoms with van der Waals surface area (Å²) in [5.41, 5.74) is 0.00361. The largest absolute Gasteiger partial charge is 0.493 e. The van der Waals surface area contributed by atoms with E-state index in [0.717, 1.165) is 4.57 Å². The summed E-state index contributed by atoms with van der Waals surface area (Å²) in [7, 11) is 0. The second kappa shape index (κ2) is 7.68. The van der Waals surface area contributed by atoms with E-state index in [2.05, 4.69) is 10.2 Å². The number of rotatable bonds is 4. The van der Waals surface area contributed by atoms with Crippen LogP contribution in [0.1, 0.15) is 25.0 Å². The van der Waals surface area contributed by atoms with Crippen LogP contribution in [0.5, 0.6) is 5.88 Å². The van der Waals surface area contributed by atoms with Gasteiger partial charge in [0.05, 0.1) is 5.02 Å². The molecule has 0 aliphatic carbocycles. The second-order valence-corrected chi connectivity index (χ2v) is 6.73. The predicted octanol–water partition coefficient (Wildman–Crippen LogP) is 5.11. The summed E-state index contributed by atoms with van der Waals surface area (Å²) in [6.45, 7) is 5.57. The Morgan fingerprint density at radius 1 is 1.32 bits per heavy atom. The number of nitriles is 1. The number of halogens is 2. The van der Waals surface area contributed by atoms with Crippen molar-refractivity contribution in [2.24, 2.45) is 16.1 Å². The zero-order valence-electron chi connectivity index (χ0n) is 13.9. The predicted molar refractivity (Wildman–Crippen MR) is 97.3 cm³/mol. The van der Waals surface area contributed by atoms with Crippen molar-refractivity contribution < 1.29 is 5.11 Å². The van der Waals surface area contributed by atoms with E-state index in [0.29, 0.717) is 15.7 Å². The summed E-state index contributed by atoms with van der Waals surface area (Å²) in [6, 6.07) is 6.60. The Morgan fingerprint density at radius 3 is 2.60 bits per heavy atom. The molecule has 0 saturated heterocycles. The van der Waals surface area contributed by atoms with E-state index < -0.39 is 5.56 Å². The highest BCUT2D eigenvalue weighted by molar-refractivity contribution is 6.35. The smallest absolute Gasteiger partial charge is 0.281 e. The molecule has 2 aromatic rings. The van der Waals surface area contributed by atoms with Crippen molar-refractivity contribution in [1.82, 2.24) is 4.57 Å². The zero-order valence-corrected chi connectivity index (χ0v) is 15.4. The lowest BCUT2D eigenvalue weighted by Gasteiger charge is -2.14. The fourth-order valence-electron chi connectivity index (χ4n) is 2.26. The number of hydrogen-bond acceptors (Lipinski definition) is 5. The standard InChI is InChI=1S/C17H16Cl2N4O2/c1-9(2)8-23-16(24)12(7-20)10(3)15(17(23)25)22-21-14-6-11(18)4-5-13(14)19/h4-6,9,24H,8H2,1-3H3. The monoisotopic (exact) mass is 378 g/mol. The highest BCUT2D eigenvalue weighted by atomic mass is 35.5. The summed E-state index contributed by atoms with van der Waals surface area (Å²) in [5, 5.41) is 28.2. The fraction of sp³-hybridized carbons (Fsp3) is 0.294. The topological polar surface area (TPSA) is 90.7 Å². The third-order valence-corrected chi connectivity index (χ3v) is 4.04. The molecule has 0 saturated carbocycles. The molecule has 0 amide bonds. The van der Waals surface area contributed by atoms with E-state index in [4.69, 9.17) is 23.2 Å². The number of azo groups is 1. The van der Waals surface area contributed by atoms with Crippen molar-refractivity contribution in [1.29, 1.82) is 5.26 Å². The van der Waals surface area contributed by atoms with Crippen LogP contribution >= 0.6 is 23.2 Å². The van der Waals surface area contributed by atoms with Crippen molar-refractivity contribution in [2.75, 3.05) is 0 Å². The molecule has 0 aliphatic heterocycles. The molecule has 8 heteroatoms. The van der Waals surface area contributed by atoms with Crippen LogP contribution in [0.3, 0.4) is 0 Å². The third-order valence-electron chi connectivity index (χ3n) is 3.48. The molecule has 0 aliphatic rings. The fourth-order valence-corrected chi connectivity index (χ4v) is 2.58. The Kier molecular flexibility index (Phi) is 5.83. The molecule has 2 rings (SSSR count). The molecule has 0 spiro atoms. The van der Waals surface area contributed by atoms with Gasteiger partial charge in [0.2, 0.25) is 5.88 Å². The summed E-state index contributed by atoms with van der Waals surface area (Å²) in [5.74, 6) is -0.275. The van der Waals surface area contributed by atoms with Crippen LogP contribution in [0.25, 0.3) is 0 Å². The maximum atomic E-state index is 12.7. The molecule has 0 atom stereocenters. The first-order valence-electron chi connectivity index (χ1n) is 7.49. The van der Waals surface area contributed by atoms with Gasteiger partial charge in [0.25, 0.3) is 5.56 Å². The third kappa shape index (κ3) is 4.01. The Bertz CT molecular complexity index is 943. The van der Waals surface area contributed by atoms with Crippen molar-refractivity contribution >= 4 is 34.6 Å². The van der Waals surface area contributed by atoms with Gasteiger partial charge in [0.15, 0.2) is 5.69 Å². The van der Waals surface area contributed by atoms with E-state index in [-0.39, 0.29) is 35.2 Å². The Hall–Kier alpha value is -2.36. The van der Waals surface area contributed by atoms with E-state index in [1.807, 2.05) is 19.9 Å². The minimum Gasteiger partial charge on any atom is -0.493 e. The van der Waals surface area contributed by atoms with Gasteiger partial charge in [-0.15, -0.1) is 10.2 Å². The van der Waals surface area contributed by atoms with Gasteiger partial charge in [-0.05, 0) is 31.0 Å². The number of aromatic hydroxyl groups is 1. The van der Waals surface area contributed by atoms with Gasteiger partial charge in [-0.2, -0.15) is 5.26 Å². The van der Waals surface area contributed by atoms with Crippen LogP contribution in [-0.2, 0) is 6.54 Å². The van der Waals surface area contributed by atoms with E-state index in [1.54, 1.807) is 12.1 Å². The lowest BCUT2D eigenvalue weighted by molar-refractivity contribution is 0.381. The number of pyridine rings is 1. The molecule has 1 heterocycles. The Morgan fingerprint density at radius 2 is 2.00 bits per heavy atom. The van der Waals surface area contributed by atoms with Crippen LogP contribution < -0.4 is 5.56 Å². The minimum atomic E-state index is -0.524. The average molecular weight is 379 g/mol. The molecular formula is C17H16Cl2N4O2. The minimum absolute atomic E-state index is 0.00797. The first-order valence-corrected chi connectivity index (χ1v) is 8.25. The van der Waals surface area contributed by atoms with Gasteiger partial charge in [-0.3, -0.25) is 9.36 Å². The highest BCUT2D eigenvalue weighted by Crippen LogP contribution is 2.31. The van der Waals surface area contributed by atoms with Crippen LogP contribution in [0.4, 0.5) is 11.4 Å². The van der Waals surface area contributed by atoms with Crippen LogP contribution in [-0.4, -0.2) is 9.67 Å². The van der Waals surface area contributed by atoms with Gasteiger partial charge in [-0.1, -0.05) is 37.0 Å². The Labute approximate surface area is 155 Å². The first-order chi connectivity index (χ1) is 11.8. The maximum Gasteiger partial charge on any atom is 0.281 e. The van der Waals surface area contributed by atoms with E-state index in [9.17, 15) is 15.2 Å². The average Bonchev–Trinajstić information content (AvgIpc) is 2.54. The molecule has 6 nitrogen and oxygen atoms in total. The zero-order chi connectivity index (χ0) is 18.7. The SMILES string of the molecule is Cc1c(C#N)c(O)n(CC(C)C)c(=O)c1N=Nc1cc(Cl)ccc1Cl. The molecule has 0 radical (unpaired) electrons. The molecule has 130 valence electrons. The molecular weight excluding hydrogens is 363 g/mol. The second-order valence-electron chi connectivity index (χ2n) is 5.89. The molecule has 0 bridgehead atoms. The van der Waals surface area contributed by atoms with Gasteiger partial charge in [0, 0.05) is 17.1 Å². The van der Waals surface area contributed by atoms with Gasteiger partial charge < -0.3 is 5.11 Å². The summed E-state index contributed by atoms with van der Waals surface area (Å²) in [4.78, 5) is 12.7. The van der Waals surface area contributed by atoms with Crippen LogP contribution in [0, 0.1) is 24.2 Å². The quantitative estimate of drug-likeness (QED) is 0.748. The number of aromatic nitrogens is 1.